The fraction of sp³-hybridized carbons (Fsp3) is 0.720. The minimum absolute atomic E-state index is 0.166. The van der Waals surface area contributed by atoms with Gasteiger partial charge in [0.2, 0.25) is 0 Å². The zero-order valence-electron chi connectivity index (χ0n) is 19.9. The summed E-state index contributed by atoms with van der Waals surface area (Å²) < 4.78 is 11.2. The molecule has 0 N–H and O–H groups in total. The van der Waals surface area contributed by atoms with Gasteiger partial charge < -0.3 is 19.3 Å². The first-order chi connectivity index (χ1) is 15.3. The van der Waals surface area contributed by atoms with E-state index in [1.54, 1.807) is 0 Å². The van der Waals surface area contributed by atoms with Crippen LogP contribution in [0, 0.1) is 0 Å². The highest BCUT2D eigenvalue weighted by Crippen LogP contribution is 2.40. The third-order valence-corrected chi connectivity index (χ3v) is 7.82. The standard InChI is InChI=1S/C25H38ClN3O3/c1-4-24(2,3)32-23(30)28-10-7-25(8-11-28)6-5-9-29(25)19-20-16-21(26)18-22(17-20)27-12-14-31-15-13-27/h16-18H,4-15,19H2,1-3H3. The van der Waals surface area contributed by atoms with Crippen molar-refractivity contribution in [3.8, 4) is 0 Å². The number of carbonyl (C=O) groups excluding carboxylic acids is 1. The average molecular weight is 464 g/mol. The van der Waals surface area contributed by atoms with Crippen molar-refractivity contribution in [2.45, 2.75) is 70.6 Å². The summed E-state index contributed by atoms with van der Waals surface area (Å²) >= 11 is 6.52. The van der Waals surface area contributed by atoms with Gasteiger partial charge in [0.15, 0.2) is 0 Å². The molecule has 0 aliphatic carbocycles. The number of halogens is 1. The summed E-state index contributed by atoms with van der Waals surface area (Å²) in [6.45, 7) is 12.9. The number of likely N-dealkylation sites (tertiary alicyclic amines) is 2. The number of carbonyl (C=O) groups is 1. The third kappa shape index (κ3) is 5.35. The van der Waals surface area contributed by atoms with Gasteiger partial charge >= 0.3 is 6.09 Å². The molecular weight excluding hydrogens is 426 g/mol. The van der Waals surface area contributed by atoms with Crippen LogP contribution >= 0.6 is 11.6 Å². The first kappa shape index (κ1) is 23.7. The number of nitrogens with zero attached hydrogens (tertiary/aromatic N) is 3. The molecule has 1 aromatic rings. The Labute approximate surface area is 197 Å². The highest BCUT2D eigenvalue weighted by Gasteiger charge is 2.44. The van der Waals surface area contributed by atoms with Crippen LogP contribution in [0.15, 0.2) is 18.2 Å². The normalized spacial score (nSPS) is 21.9. The number of piperidine rings is 1. The first-order valence-electron chi connectivity index (χ1n) is 12.2. The van der Waals surface area contributed by atoms with Crippen molar-refractivity contribution in [3.05, 3.63) is 28.8 Å². The van der Waals surface area contributed by atoms with Crippen molar-refractivity contribution in [2.75, 3.05) is 50.8 Å². The van der Waals surface area contributed by atoms with Crippen molar-refractivity contribution >= 4 is 23.4 Å². The monoisotopic (exact) mass is 463 g/mol. The predicted octanol–water partition coefficient (Wildman–Crippen LogP) is 4.93. The lowest BCUT2D eigenvalue weighted by atomic mass is 9.85. The van der Waals surface area contributed by atoms with Gasteiger partial charge in [-0.1, -0.05) is 18.5 Å². The molecule has 1 spiro atoms. The second kappa shape index (κ2) is 9.78. The number of rotatable bonds is 5. The number of morpholine rings is 1. The number of ether oxygens (including phenoxy) is 2. The van der Waals surface area contributed by atoms with Crippen molar-refractivity contribution in [2.24, 2.45) is 0 Å². The molecule has 0 atom stereocenters. The maximum absolute atomic E-state index is 12.6. The maximum Gasteiger partial charge on any atom is 0.410 e. The van der Waals surface area contributed by atoms with Crippen LogP contribution in [0.2, 0.25) is 5.02 Å². The molecule has 0 bridgehead atoms. The van der Waals surface area contributed by atoms with E-state index in [1.165, 1.54) is 24.1 Å². The molecule has 6 nitrogen and oxygen atoms in total. The summed E-state index contributed by atoms with van der Waals surface area (Å²) in [4.78, 5) is 19.5. The largest absolute Gasteiger partial charge is 0.443 e. The number of amides is 1. The molecule has 0 aromatic heterocycles. The topological polar surface area (TPSA) is 45.2 Å². The summed E-state index contributed by atoms with van der Waals surface area (Å²) in [5.74, 6) is 0. The smallest absolute Gasteiger partial charge is 0.410 e. The quantitative estimate of drug-likeness (QED) is 0.619. The van der Waals surface area contributed by atoms with Crippen LogP contribution in [0.25, 0.3) is 0 Å². The van der Waals surface area contributed by atoms with Crippen molar-refractivity contribution in [3.63, 3.8) is 0 Å². The van der Waals surface area contributed by atoms with Crippen molar-refractivity contribution in [1.29, 1.82) is 0 Å². The Morgan fingerprint density at radius 3 is 2.50 bits per heavy atom. The van der Waals surface area contributed by atoms with Gasteiger partial charge in [0.05, 0.1) is 13.2 Å². The molecule has 3 aliphatic heterocycles. The van der Waals surface area contributed by atoms with Crippen LogP contribution in [0.3, 0.4) is 0 Å². The van der Waals surface area contributed by atoms with Crippen LogP contribution in [-0.2, 0) is 16.0 Å². The zero-order valence-corrected chi connectivity index (χ0v) is 20.6. The second-order valence-corrected chi connectivity index (χ2v) is 10.6. The van der Waals surface area contributed by atoms with Crippen LogP contribution in [0.1, 0.15) is 58.4 Å². The Morgan fingerprint density at radius 2 is 1.81 bits per heavy atom. The fourth-order valence-electron chi connectivity index (χ4n) is 5.23. The molecule has 0 radical (unpaired) electrons. The Bertz CT molecular complexity index is 802. The zero-order chi connectivity index (χ0) is 22.8. The minimum Gasteiger partial charge on any atom is -0.443 e. The number of hydrogen-bond acceptors (Lipinski definition) is 5. The molecule has 4 rings (SSSR count). The highest BCUT2D eigenvalue weighted by atomic mass is 35.5. The Balaban J connectivity index is 1.40. The Morgan fingerprint density at radius 1 is 1.09 bits per heavy atom. The van der Waals surface area contributed by atoms with Crippen LogP contribution in [0.4, 0.5) is 10.5 Å². The number of benzene rings is 1. The van der Waals surface area contributed by atoms with E-state index in [0.29, 0.717) is 0 Å². The number of hydrogen-bond donors (Lipinski definition) is 0. The summed E-state index contributed by atoms with van der Waals surface area (Å²) in [6, 6.07) is 6.47. The lowest BCUT2D eigenvalue weighted by Gasteiger charge is -2.45. The highest BCUT2D eigenvalue weighted by molar-refractivity contribution is 6.30. The van der Waals surface area contributed by atoms with E-state index in [2.05, 4.69) is 34.9 Å². The van der Waals surface area contributed by atoms with Gasteiger partial charge in [-0.15, -0.1) is 0 Å². The lowest BCUT2D eigenvalue weighted by molar-refractivity contribution is -0.00739. The van der Waals surface area contributed by atoms with Crippen LogP contribution in [-0.4, -0.2) is 73.0 Å². The molecule has 1 amide bonds. The first-order valence-corrected chi connectivity index (χ1v) is 12.5. The molecule has 32 heavy (non-hydrogen) atoms. The van der Waals surface area contributed by atoms with E-state index >= 15 is 0 Å². The van der Waals surface area contributed by atoms with Gasteiger partial charge in [0, 0.05) is 49.0 Å². The molecular formula is C25H38ClN3O3. The van der Waals surface area contributed by atoms with Crippen molar-refractivity contribution in [1.82, 2.24) is 9.80 Å². The summed E-state index contributed by atoms with van der Waals surface area (Å²) in [6.07, 6.45) is 5.08. The van der Waals surface area contributed by atoms with Gasteiger partial charge in [-0.3, -0.25) is 4.90 Å². The van der Waals surface area contributed by atoms with E-state index in [-0.39, 0.29) is 11.6 Å². The molecule has 0 unspecified atom stereocenters. The van der Waals surface area contributed by atoms with Crippen LogP contribution < -0.4 is 4.90 Å². The Kier molecular flexibility index (Phi) is 7.23. The third-order valence-electron chi connectivity index (χ3n) is 7.60. The van der Waals surface area contributed by atoms with Gasteiger partial charge in [-0.05, 0) is 76.3 Å². The van der Waals surface area contributed by atoms with Gasteiger partial charge in [-0.2, -0.15) is 0 Å². The summed E-state index contributed by atoms with van der Waals surface area (Å²) in [7, 11) is 0. The predicted molar refractivity (Wildman–Crippen MR) is 129 cm³/mol. The molecule has 3 fully saturated rings. The molecule has 0 saturated carbocycles. The number of anilines is 1. The molecule has 178 valence electrons. The van der Waals surface area contributed by atoms with Gasteiger partial charge in [0.1, 0.15) is 5.60 Å². The summed E-state index contributed by atoms with van der Waals surface area (Å²) in [5.41, 5.74) is 2.24. The molecule has 1 aromatic carbocycles. The van der Waals surface area contributed by atoms with Crippen molar-refractivity contribution < 1.29 is 14.3 Å². The molecule has 7 heteroatoms. The molecule has 3 saturated heterocycles. The van der Waals surface area contributed by atoms with E-state index in [0.717, 1.165) is 76.8 Å². The Hall–Kier alpha value is -1.50. The van der Waals surface area contributed by atoms with E-state index in [1.807, 2.05) is 18.7 Å². The molecule has 3 heterocycles. The lowest BCUT2D eigenvalue weighted by Crippen LogP contribution is -2.53. The van der Waals surface area contributed by atoms with Crippen LogP contribution in [0.5, 0.6) is 0 Å². The van der Waals surface area contributed by atoms with E-state index in [4.69, 9.17) is 21.1 Å². The maximum atomic E-state index is 12.6. The fourth-order valence-corrected chi connectivity index (χ4v) is 5.49. The van der Waals surface area contributed by atoms with E-state index < -0.39 is 5.60 Å². The summed E-state index contributed by atoms with van der Waals surface area (Å²) in [5, 5.41) is 0.799. The average Bonchev–Trinajstić information content (AvgIpc) is 3.15. The SMILES string of the molecule is CCC(C)(C)OC(=O)N1CCC2(CCCN2Cc2cc(Cl)cc(N3CCOCC3)c2)CC1. The molecule has 3 aliphatic rings. The second-order valence-electron chi connectivity index (χ2n) is 10.1. The minimum atomic E-state index is -0.406. The van der Waals surface area contributed by atoms with E-state index in [9.17, 15) is 4.79 Å². The van der Waals surface area contributed by atoms with Gasteiger partial charge in [0.25, 0.3) is 0 Å². The van der Waals surface area contributed by atoms with Gasteiger partial charge in [-0.25, -0.2) is 4.79 Å².